The van der Waals surface area contributed by atoms with Crippen LogP contribution in [0.2, 0.25) is 0 Å². The van der Waals surface area contributed by atoms with Gasteiger partial charge in [0.2, 0.25) is 11.8 Å². The molecule has 1 N–H and O–H groups in total. The molecule has 0 unspecified atom stereocenters. The molecule has 206 valence electrons. The van der Waals surface area contributed by atoms with E-state index >= 15 is 0 Å². The van der Waals surface area contributed by atoms with Crippen molar-refractivity contribution in [3.8, 4) is 0 Å². The molecule has 7 nitrogen and oxygen atoms in total. The fourth-order valence-electron chi connectivity index (χ4n) is 4.87. The van der Waals surface area contributed by atoms with Crippen LogP contribution in [0.4, 0.5) is 10.1 Å². The maximum absolute atomic E-state index is 14.9. The molecule has 2 amide bonds. The standard InChI is InChI=1S/C30H34FN3O4S/c1-22-11-10-12-24(19-22)20-33(23(2)30(36)32-25-13-6-7-14-25)29(35)21-34(28-18-9-8-17-27(28)31)39(37,38)26-15-4-3-5-16-26/h3-5,8-12,15-19,23,25H,6-7,13-14,20-21H2,1-2H3,(H,32,36)/t23-/m0/s1. The van der Waals surface area contributed by atoms with Gasteiger partial charge < -0.3 is 10.2 Å². The van der Waals surface area contributed by atoms with Crippen LogP contribution in [0, 0.1) is 12.7 Å². The van der Waals surface area contributed by atoms with E-state index in [1.807, 2.05) is 31.2 Å². The lowest BCUT2D eigenvalue weighted by Crippen LogP contribution is -2.52. The summed E-state index contributed by atoms with van der Waals surface area (Å²) in [4.78, 5) is 28.4. The van der Waals surface area contributed by atoms with Gasteiger partial charge >= 0.3 is 0 Å². The van der Waals surface area contributed by atoms with Crippen LogP contribution in [0.3, 0.4) is 0 Å². The maximum Gasteiger partial charge on any atom is 0.264 e. The van der Waals surface area contributed by atoms with Crippen molar-refractivity contribution in [2.75, 3.05) is 10.8 Å². The monoisotopic (exact) mass is 551 g/mol. The van der Waals surface area contributed by atoms with Gasteiger partial charge in [0.25, 0.3) is 10.0 Å². The fourth-order valence-corrected chi connectivity index (χ4v) is 6.31. The quantitative estimate of drug-likeness (QED) is 0.392. The van der Waals surface area contributed by atoms with E-state index in [1.54, 1.807) is 25.1 Å². The molecule has 0 saturated heterocycles. The number of nitrogens with zero attached hydrogens (tertiary/aromatic N) is 2. The Morgan fingerprint density at radius 2 is 1.64 bits per heavy atom. The van der Waals surface area contributed by atoms with Crippen LogP contribution in [-0.2, 0) is 26.2 Å². The van der Waals surface area contributed by atoms with Gasteiger partial charge in [-0.05, 0) is 56.5 Å². The van der Waals surface area contributed by atoms with Crippen molar-refractivity contribution >= 4 is 27.5 Å². The molecule has 0 bridgehead atoms. The molecule has 0 heterocycles. The lowest BCUT2D eigenvalue weighted by atomic mass is 10.1. The lowest BCUT2D eigenvalue weighted by Gasteiger charge is -2.32. The van der Waals surface area contributed by atoms with E-state index < -0.39 is 34.3 Å². The van der Waals surface area contributed by atoms with Gasteiger partial charge in [0.05, 0.1) is 10.6 Å². The van der Waals surface area contributed by atoms with Crippen LogP contribution in [-0.4, -0.2) is 43.8 Å². The number of para-hydroxylation sites is 1. The highest BCUT2D eigenvalue weighted by Crippen LogP contribution is 2.27. The molecule has 0 spiro atoms. The first-order chi connectivity index (χ1) is 18.7. The number of sulfonamides is 1. The topological polar surface area (TPSA) is 86.8 Å². The molecule has 1 aliphatic rings. The van der Waals surface area contributed by atoms with Crippen LogP contribution in [0.15, 0.2) is 83.8 Å². The fraction of sp³-hybridized carbons (Fsp3) is 0.333. The molecule has 1 aliphatic carbocycles. The summed E-state index contributed by atoms with van der Waals surface area (Å²) in [6.45, 7) is 2.98. The Morgan fingerprint density at radius 1 is 0.974 bits per heavy atom. The zero-order valence-electron chi connectivity index (χ0n) is 22.2. The van der Waals surface area contributed by atoms with Crippen LogP contribution < -0.4 is 9.62 Å². The number of halogens is 1. The van der Waals surface area contributed by atoms with Crippen molar-refractivity contribution in [3.05, 3.63) is 95.8 Å². The van der Waals surface area contributed by atoms with Crippen molar-refractivity contribution in [2.24, 2.45) is 0 Å². The third kappa shape index (κ3) is 6.84. The van der Waals surface area contributed by atoms with E-state index in [1.165, 1.54) is 35.2 Å². The molecule has 0 radical (unpaired) electrons. The van der Waals surface area contributed by atoms with Crippen molar-refractivity contribution in [3.63, 3.8) is 0 Å². The summed E-state index contributed by atoms with van der Waals surface area (Å²) < 4.78 is 43.1. The Bertz CT molecular complexity index is 1410. The predicted octanol–water partition coefficient (Wildman–Crippen LogP) is 4.81. The second-order valence-electron chi connectivity index (χ2n) is 9.95. The van der Waals surface area contributed by atoms with E-state index in [9.17, 15) is 22.4 Å². The summed E-state index contributed by atoms with van der Waals surface area (Å²) in [7, 11) is -4.30. The van der Waals surface area contributed by atoms with E-state index in [2.05, 4.69) is 5.32 Å². The highest BCUT2D eigenvalue weighted by atomic mass is 32.2. The van der Waals surface area contributed by atoms with Crippen molar-refractivity contribution in [1.29, 1.82) is 0 Å². The molecule has 0 aromatic heterocycles. The number of aryl methyl sites for hydroxylation is 1. The molecular formula is C30H34FN3O4S. The molecule has 39 heavy (non-hydrogen) atoms. The SMILES string of the molecule is Cc1cccc(CN(C(=O)CN(c2ccccc2F)S(=O)(=O)c2ccccc2)[C@@H](C)C(=O)NC2CCCC2)c1. The van der Waals surface area contributed by atoms with Gasteiger partial charge in [-0.2, -0.15) is 0 Å². The molecular weight excluding hydrogens is 517 g/mol. The number of hydrogen-bond donors (Lipinski definition) is 1. The third-order valence-corrected chi connectivity index (χ3v) is 8.81. The Balaban J connectivity index is 1.69. The number of anilines is 1. The molecule has 1 atom stereocenters. The predicted molar refractivity (Wildman–Crippen MR) is 149 cm³/mol. The smallest absolute Gasteiger partial charge is 0.264 e. The zero-order valence-corrected chi connectivity index (χ0v) is 23.0. The summed E-state index contributed by atoms with van der Waals surface area (Å²) in [5.41, 5.74) is 1.54. The van der Waals surface area contributed by atoms with Gasteiger partial charge in [-0.1, -0.05) is 73.0 Å². The largest absolute Gasteiger partial charge is 0.352 e. The molecule has 1 saturated carbocycles. The molecule has 1 fully saturated rings. The van der Waals surface area contributed by atoms with Crippen molar-refractivity contribution in [2.45, 2.75) is 63.1 Å². The van der Waals surface area contributed by atoms with Gasteiger partial charge in [0, 0.05) is 12.6 Å². The van der Waals surface area contributed by atoms with E-state index in [4.69, 9.17) is 0 Å². The van der Waals surface area contributed by atoms with Gasteiger partial charge in [0.15, 0.2) is 0 Å². The zero-order chi connectivity index (χ0) is 28.0. The summed E-state index contributed by atoms with van der Waals surface area (Å²) in [5, 5.41) is 3.04. The van der Waals surface area contributed by atoms with Crippen LogP contribution in [0.25, 0.3) is 0 Å². The van der Waals surface area contributed by atoms with E-state index in [0.29, 0.717) is 0 Å². The lowest BCUT2D eigenvalue weighted by molar-refractivity contribution is -0.139. The Morgan fingerprint density at radius 3 is 2.31 bits per heavy atom. The first kappa shape index (κ1) is 28.3. The second kappa shape index (κ2) is 12.4. The minimum absolute atomic E-state index is 0.0595. The number of amides is 2. The normalized spacial score (nSPS) is 14.5. The molecule has 0 aliphatic heterocycles. The van der Waals surface area contributed by atoms with E-state index in [-0.39, 0.29) is 29.1 Å². The van der Waals surface area contributed by atoms with Crippen LogP contribution >= 0.6 is 0 Å². The molecule has 3 aromatic carbocycles. The number of benzene rings is 3. The third-order valence-electron chi connectivity index (χ3n) is 7.04. The van der Waals surface area contributed by atoms with Crippen molar-refractivity contribution < 1.29 is 22.4 Å². The number of nitrogens with one attached hydrogen (secondary N) is 1. The average Bonchev–Trinajstić information content (AvgIpc) is 3.44. The molecule has 9 heteroatoms. The summed E-state index contributed by atoms with van der Waals surface area (Å²) in [6, 6.07) is 19.8. The highest BCUT2D eigenvalue weighted by molar-refractivity contribution is 7.92. The number of rotatable bonds is 10. The number of carbonyl (C=O) groups excluding carboxylic acids is 2. The summed E-state index contributed by atoms with van der Waals surface area (Å²) in [5.74, 6) is -1.69. The number of hydrogen-bond acceptors (Lipinski definition) is 4. The molecule has 3 aromatic rings. The van der Waals surface area contributed by atoms with Gasteiger partial charge in [0.1, 0.15) is 18.4 Å². The van der Waals surface area contributed by atoms with E-state index in [0.717, 1.165) is 47.2 Å². The van der Waals surface area contributed by atoms with Gasteiger partial charge in [-0.3, -0.25) is 13.9 Å². The minimum atomic E-state index is -4.30. The molecule has 4 rings (SSSR count). The first-order valence-electron chi connectivity index (χ1n) is 13.1. The second-order valence-corrected chi connectivity index (χ2v) is 11.8. The highest BCUT2D eigenvalue weighted by Gasteiger charge is 2.34. The summed E-state index contributed by atoms with van der Waals surface area (Å²) >= 11 is 0. The Kier molecular flexibility index (Phi) is 9.01. The Hall–Kier alpha value is -3.72. The first-order valence-corrected chi connectivity index (χ1v) is 14.6. The Labute approximate surface area is 229 Å². The number of carbonyl (C=O) groups is 2. The van der Waals surface area contributed by atoms with Crippen molar-refractivity contribution in [1.82, 2.24) is 10.2 Å². The maximum atomic E-state index is 14.9. The van der Waals surface area contributed by atoms with Crippen LogP contribution in [0.1, 0.15) is 43.7 Å². The summed E-state index contributed by atoms with van der Waals surface area (Å²) in [6.07, 6.45) is 3.86. The van der Waals surface area contributed by atoms with Crippen LogP contribution in [0.5, 0.6) is 0 Å². The van der Waals surface area contributed by atoms with Gasteiger partial charge in [-0.25, -0.2) is 12.8 Å². The average molecular weight is 552 g/mol. The van der Waals surface area contributed by atoms with Gasteiger partial charge in [-0.15, -0.1) is 0 Å². The minimum Gasteiger partial charge on any atom is -0.352 e.